The predicted octanol–water partition coefficient (Wildman–Crippen LogP) is 3.91. The quantitative estimate of drug-likeness (QED) is 0.456. The summed E-state index contributed by atoms with van der Waals surface area (Å²) in [5, 5.41) is 3.23. The number of benzene rings is 1. The Hall–Kier alpha value is -1.90. The maximum atomic E-state index is 11.6. The molecule has 3 N–H and O–H groups in total. The second-order valence-electron chi connectivity index (χ2n) is 4.74. The summed E-state index contributed by atoms with van der Waals surface area (Å²) in [6, 6.07) is 7.58. The van der Waals surface area contributed by atoms with Crippen molar-refractivity contribution in [1.82, 2.24) is 5.32 Å². The molecule has 130 valence electrons. The van der Waals surface area contributed by atoms with Crippen molar-refractivity contribution in [3.8, 4) is 12.3 Å². The summed E-state index contributed by atoms with van der Waals surface area (Å²) in [7, 11) is 1.62. The zero-order valence-electron chi connectivity index (χ0n) is 14.5. The van der Waals surface area contributed by atoms with E-state index in [2.05, 4.69) is 22.7 Å². The molecular formula is C18H24ClN3OS. The highest BCUT2D eigenvalue weighted by Crippen LogP contribution is 2.38. The second-order valence-corrected chi connectivity index (χ2v) is 6.48. The summed E-state index contributed by atoms with van der Waals surface area (Å²) >= 11 is 7.82. The minimum absolute atomic E-state index is 0.0346. The van der Waals surface area contributed by atoms with E-state index in [0.29, 0.717) is 11.4 Å². The van der Waals surface area contributed by atoms with Crippen molar-refractivity contribution in [1.29, 1.82) is 0 Å². The molecule has 0 spiro atoms. The number of thioether (sulfide) groups is 1. The van der Waals surface area contributed by atoms with Crippen LogP contribution in [0.4, 0.5) is 0 Å². The van der Waals surface area contributed by atoms with Gasteiger partial charge in [-0.3, -0.25) is 9.79 Å². The van der Waals surface area contributed by atoms with E-state index < -0.39 is 0 Å². The first-order valence-electron chi connectivity index (χ1n) is 7.33. The Labute approximate surface area is 153 Å². The Morgan fingerprint density at radius 3 is 2.62 bits per heavy atom. The molecule has 0 bridgehead atoms. The third kappa shape index (κ3) is 8.09. The normalized spacial score (nSPS) is 12.5. The van der Waals surface area contributed by atoms with Crippen molar-refractivity contribution in [2.75, 3.05) is 7.05 Å². The molecule has 0 aliphatic rings. The van der Waals surface area contributed by atoms with Gasteiger partial charge in [0, 0.05) is 29.0 Å². The number of nitrogens with zero attached hydrogens (tertiary/aromatic N) is 1. The van der Waals surface area contributed by atoms with Crippen LogP contribution in [0.15, 0.2) is 34.8 Å². The molecule has 6 heteroatoms. The van der Waals surface area contributed by atoms with Crippen LogP contribution in [0.2, 0.25) is 5.02 Å². The van der Waals surface area contributed by atoms with Gasteiger partial charge in [0.2, 0.25) is 5.91 Å². The fraction of sp³-hybridized carbons (Fsp3) is 0.333. The van der Waals surface area contributed by atoms with Gasteiger partial charge in [-0.2, -0.15) is 0 Å². The lowest BCUT2D eigenvalue weighted by atomic mass is 10.1. The van der Waals surface area contributed by atoms with Crippen molar-refractivity contribution in [2.24, 2.45) is 10.7 Å². The van der Waals surface area contributed by atoms with Crippen LogP contribution in [0, 0.1) is 12.3 Å². The van der Waals surface area contributed by atoms with E-state index in [4.69, 9.17) is 17.3 Å². The van der Waals surface area contributed by atoms with Gasteiger partial charge in [0.15, 0.2) is 0 Å². The molecule has 24 heavy (non-hydrogen) atoms. The number of nitrogens with two attached hydrogens (primary N) is 1. The Kier molecular flexibility index (Phi) is 11.5. The molecule has 0 heterocycles. The Bertz CT molecular complexity index is 635. The first kappa shape index (κ1) is 22.1. The van der Waals surface area contributed by atoms with Crippen LogP contribution < -0.4 is 11.1 Å². The topological polar surface area (TPSA) is 67.5 Å². The van der Waals surface area contributed by atoms with Gasteiger partial charge < -0.3 is 11.1 Å². The largest absolute Gasteiger partial charge is 0.390 e. The minimum Gasteiger partial charge on any atom is -0.390 e. The fourth-order valence-corrected chi connectivity index (χ4v) is 3.11. The van der Waals surface area contributed by atoms with Gasteiger partial charge in [0.1, 0.15) is 0 Å². The molecule has 0 saturated carbocycles. The summed E-state index contributed by atoms with van der Waals surface area (Å²) in [6.45, 7) is 5.53. The second kappa shape index (κ2) is 12.5. The molecule has 1 rings (SSSR count). The van der Waals surface area contributed by atoms with E-state index in [1.165, 1.54) is 18.1 Å². The zero-order valence-corrected chi connectivity index (χ0v) is 16.0. The molecule has 0 saturated heterocycles. The maximum absolute atomic E-state index is 11.6. The number of carbonyl (C=O) groups excluding carboxylic acids is 1. The summed E-state index contributed by atoms with van der Waals surface area (Å²) in [6.07, 6.45) is 6.21. The van der Waals surface area contributed by atoms with Crippen molar-refractivity contribution in [3.63, 3.8) is 0 Å². The van der Waals surface area contributed by atoms with Gasteiger partial charge in [-0.15, -0.1) is 12.3 Å². The molecular weight excluding hydrogens is 342 g/mol. The van der Waals surface area contributed by atoms with Crippen molar-refractivity contribution in [3.05, 3.63) is 40.4 Å². The summed E-state index contributed by atoms with van der Waals surface area (Å²) in [4.78, 5) is 16.7. The van der Waals surface area contributed by atoms with Crippen LogP contribution in [0.25, 0.3) is 4.91 Å². The highest BCUT2D eigenvalue weighted by molar-refractivity contribution is 8.08. The predicted molar refractivity (Wildman–Crippen MR) is 107 cm³/mol. The number of terminal acetylenes is 1. The molecule has 1 atom stereocenters. The Balaban J connectivity index is 0.00000163. The average molecular weight is 366 g/mol. The zero-order chi connectivity index (χ0) is 18.5. The van der Waals surface area contributed by atoms with E-state index in [-0.39, 0.29) is 11.3 Å². The van der Waals surface area contributed by atoms with E-state index in [9.17, 15) is 4.79 Å². The van der Waals surface area contributed by atoms with E-state index in [1.54, 1.807) is 14.0 Å². The molecule has 0 fully saturated rings. The van der Waals surface area contributed by atoms with Crippen LogP contribution in [-0.2, 0) is 4.79 Å². The number of halogens is 1. The fourth-order valence-electron chi connectivity index (χ4n) is 1.77. The van der Waals surface area contributed by atoms with Crippen LogP contribution in [0.3, 0.4) is 0 Å². The van der Waals surface area contributed by atoms with Crippen LogP contribution in [0.5, 0.6) is 0 Å². The van der Waals surface area contributed by atoms with Gasteiger partial charge >= 0.3 is 0 Å². The van der Waals surface area contributed by atoms with E-state index in [0.717, 1.165) is 16.0 Å². The lowest BCUT2D eigenvalue weighted by Crippen LogP contribution is -2.17. The monoisotopic (exact) mass is 365 g/mol. The van der Waals surface area contributed by atoms with Gasteiger partial charge in [0.25, 0.3) is 0 Å². The molecule has 0 aliphatic carbocycles. The minimum atomic E-state index is -0.0547. The van der Waals surface area contributed by atoms with Crippen molar-refractivity contribution in [2.45, 2.75) is 32.6 Å². The molecule has 0 radical (unpaired) electrons. The molecule has 0 aliphatic heterocycles. The Morgan fingerprint density at radius 2 is 2.12 bits per heavy atom. The van der Waals surface area contributed by atoms with Crippen LogP contribution in [-0.4, -0.2) is 24.7 Å². The SMILES string of the molecule is C#CC.CNC(=O)C/C(C)=C(\SC(C)/N=C/N)c1ccccc1Cl. The average Bonchev–Trinajstić information content (AvgIpc) is 2.54. The lowest BCUT2D eigenvalue weighted by Gasteiger charge is -2.15. The highest BCUT2D eigenvalue weighted by atomic mass is 35.5. The summed E-state index contributed by atoms with van der Waals surface area (Å²) in [5.41, 5.74) is 7.20. The van der Waals surface area contributed by atoms with Crippen LogP contribution >= 0.6 is 23.4 Å². The smallest absolute Gasteiger partial charge is 0.223 e. The first-order valence-corrected chi connectivity index (χ1v) is 8.59. The molecule has 1 unspecified atom stereocenters. The van der Waals surface area contributed by atoms with Crippen molar-refractivity contribution < 1.29 is 4.79 Å². The van der Waals surface area contributed by atoms with Gasteiger partial charge in [-0.25, -0.2) is 0 Å². The number of nitrogens with one attached hydrogen (secondary N) is 1. The molecule has 1 amide bonds. The van der Waals surface area contributed by atoms with Gasteiger partial charge in [-0.1, -0.05) is 41.6 Å². The van der Waals surface area contributed by atoms with Crippen molar-refractivity contribution >= 4 is 40.5 Å². The summed E-state index contributed by atoms with van der Waals surface area (Å²) in [5.74, 6) is 2.22. The first-order chi connectivity index (χ1) is 11.4. The summed E-state index contributed by atoms with van der Waals surface area (Å²) < 4.78 is 0. The number of rotatable bonds is 6. The third-order valence-electron chi connectivity index (χ3n) is 2.80. The van der Waals surface area contributed by atoms with E-state index in [1.807, 2.05) is 38.1 Å². The standard InChI is InChI=1S/C15H20ClN3OS.C3H4/c1-10(8-14(20)18-3)15(21-11(2)19-9-17)12-6-4-5-7-13(12)16;1-3-2/h4-7,9,11H,8H2,1-3H3,(H2,17,19)(H,18,20);1H,2H3/b15-10-;. The van der Waals surface area contributed by atoms with Gasteiger partial charge in [-0.05, 0) is 32.4 Å². The number of hydrogen-bond donors (Lipinski definition) is 2. The number of aliphatic imine (C=N–C) groups is 1. The number of amides is 1. The van der Waals surface area contributed by atoms with E-state index >= 15 is 0 Å². The highest BCUT2D eigenvalue weighted by Gasteiger charge is 2.15. The molecule has 1 aromatic rings. The molecule has 0 aromatic heterocycles. The molecule has 4 nitrogen and oxygen atoms in total. The lowest BCUT2D eigenvalue weighted by molar-refractivity contribution is -0.119. The number of hydrogen-bond acceptors (Lipinski definition) is 3. The Morgan fingerprint density at radius 1 is 1.54 bits per heavy atom. The van der Waals surface area contributed by atoms with Crippen LogP contribution in [0.1, 0.15) is 32.8 Å². The van der Waals surface area contributed by atoms with Gasteiger partial charge in [0.05, 0.1) is 11.7 Å². The molecule has 1 aromatic carbocycles. The number of carbonyl (C=O) groups is 1. The maximum Gasteiger partial charge on any atom is 0.223 e. The third-order valence-corrected chi connectivity index (χ3v) is 4.39.